The van der Waals surface area contributed by atoms with Crippen LogP contribution in [0.5, 0.6) is 5.88 Å². The largest absolute Gasteiger partial charge is 0.480 e. The Kier molecular flexibility index (Phi) is 5.18. The summed E-state index contributed by atoms with van der Waals surface area (Å²) in [4.78, 5) is 16.4. The van der Waals surface area contributed by atoms with Crippen molar-refractivity contribution in [1.82, 2.24) is 4.98 Å². The molecule has 0 aliphatic heterocycles. The number of Topliss-reactive ketones (excluding diaryl/α,β-unsaturated/α-hetero) is 1. The van der Waals surface area contributed by atoms with E-state index in [9.17, 15) is 18.0 Å². The summed E-state index contributed by atoms with van der Waals surface area (Å²) in [5.41, 5.74) is 0.862. The quantitative estimate of drug-likeness (QED) is 0.448. The summed E-state index contributed by atoms with van der Waals surface area (Å²) >= 11 is 1.16. The van der Waals surface area contributed by atoms with Crippen molar-refractivity contribution in [2.75, 3.05) is 7.11 Å². The molecule has 2 aromatic carbocycles. The molecule has 0 fully saturated rings. The van der Waals surface area contributed by atoms with E-state index in [-0.39, 0.29) is 10.8 Å². The molecule has 0 aliphatic carbocycles. The minimum Gasteiger partial charge on any atom is -0.480 e. The van der Waals surface area contributed by atoms with Crippen LogP contribution in [0.15, 0.2) is 59.5 Å². The lowest BCUT2D eigenvalue weighted by atomic mass is 10.1. The standard InChI is InChI=1S/C19H14F3NO2S/c1-25-18-15(17(24)19(20,21)22)16(13-9-5-6-10-14(13)23-18)26-11-12-7-3-2-4-8-12/h2-10H,11H2,1H3. The van der Waals surface area contributed by atoms with Gasteiger partial charge in [-0.25, -0.2) is 4.98 Å². The first-order valence-corrected chi connectivity index (χ1v) is 8.65. The van der Waals surface area contributed by atoms with Crippen molar-refractivity contribution in [1.29, 1.82) is 0 Å². The average molecular weight is 377 g/mol. The summed E-state index contributed by atoms with van der Waals surface area (Å²) < 4.78 is 44.5. The number of aromatic nitrogens is 1. The summed E-state index contributed by atoms with van der Waals surface area (Å²) in [7, 11) is 1.20. The zero-order chi connectivity index (χ0) is 18.7. The number of ketones is 1. The Balaban J connectivity index is 2.17. The van der Waals surface area contributed by atoms with Crippen LogP contribution in [0.25, 0.3) is 10.9 Å². The van der Waals surface area contributed by atoms with Crippen LogP contribution in [-0.4, -0.2) is 24.1 Å². The molecule has 0 N–H and O–H groups in total. The van der Waals surface area contributed by atoms with E-state index < -0.39 is 17.5 Å². The van der Waals surface area contributed by atoms with Crippen LogP contribution in [-0.2, 0) is 5.75 Å². The topological polar surface area (TPSA) is 39.2 Å². The van der Waals surface area contributed by atoms with Crippen molar-refractivity contribution in [3.63, 3.8) is 0 Å². The third-order valence-corrected chi connectivity index (χ3v) is 4.91. The van der Waals surface area contributed by atoms with Crippen LogP contribution < -0.4 is 4.74 Å². The maximum atomic E-state index is 13.2. The number of halogens is 3. The minimum absolute atomic E-state index is 0.221. The van der Waals surface area contributed by atoms with Gasteiger partial charge < -0.3 is 4.74 Å². The summed E-state index contributed by atoms with van der Waals surface area (Å²) in [6.07, 6.45) is -5.01. The first kappa shape index (κ1) is 18.3. The van der Waals surface area contributed by atoms with E-state index >= 15 is 0 Å². The minimum atomic E-state index is -5.01. The second-order valence-corrected chi connectivity index (χ2v) is 6.43. The fourth-order valence-electron chi connectivity index (χ4n) is 2.53. The Morgan fingerprint density at radius 2 is 1.73 bits per heavy atom. The van der Waals surface area contributed by atoms with Gasteiger partial charge in [0, 0.05) is 16.0 Å². The second-order valence-electron chi connectivity index (χ2n) is 5.44. The third kappa shape index (κ3) is 3.67. The van der Waals surface area contributed by atoms with Crippen LogP contribution in [0.1, 0.15) is 15.9 Å². The number of alkyl halides is 3. The van der Waals surface area contributed by atoms with Gasteiger partial charge in [-0.3, -0.25) is 4.79 Å². The highest BCUT2D eigenvalue weighted by Crippen LogP contribution is 2.40. The van der Waals surface area contributed by atoms with E-state index in [1.165, 1.54) is 7.11 Å². The molecule has 0 spiro atoms. The monoisotopic (exact) mass is 377 g/mol. The molecular formula is C19H14F3NO2S. The van der Waals surface area contributed by atoms with Crippen molar-refractivity contribution in [3.05, 3.63) is 65.7 Å². The van der Waals surface area contributed by atoms with E-state index in [0.29, 0.717) is 16.7 Å². The summed E-state index contributed by atoms with van der Waals surface area (Å²) in [6, 6.07) is 16.1. The van der Waals surface area contributed by atoms with Crippen molar-refractivity contribution in [2.45, 2.75) is 16.8 Å². The van der Waals surface area contributed by atoms with E-state index in [1.54, 1.807) is 24.3 Å². The lowest BCUT2D eigenvalue weighted by Crippen LogP contribution is -2.24. The molecule has 3 nitrogen and oxygen atoms in total. The number of ether oxygens (including phenoxy) is 1. The molecule has 1 heterocycles. The maximum Gasteiger partial charge on any atom is 0.455 e. The van der Waals surface area contributed by atoms with Gasteiger partial charge in [0.2, 0.25) is 5.88 Å². The number of methoxy groups -OCH3 is 1. The number of carbonyl (C=O) groups is 1. The molecule has 0 saturated carbocycles. The number of fused-ring (bicyclic) bond motifs is 1. The van der Waals surface area contributed by atoms with Gasteiger partial charge >= 0.3 is 6.18 Å². The van der Waals surface area contributed by atoms with Crippen LogP contribution in [0.3, 0.4) is 0 Å². The molecule has 0 bridgehead atoms. The predicted molar refractivity (Wildman–Crippen MR) is 94.7 cm³/mol. The number of pyridine rings is 1. The number of nitrogens with zero attached hydrogens (tertiary/aromatic N) is 1. The fraction of sp³-hybridized carbons (Fsp3) is 0.158. The zero-order valence-corrected chi connectivity index (χ0v) is 14.5. The molecule has 134 valence electrons. The van der Waals surface area contributed by atoms with Crippen LogP contribution in [0, 0.1) is 0 Å². The molecule has 3 aromatic rings. The van der Waals surface area contributed by atoms with Gasteiger partial charge in [0.25, 0.3) is 5.78 Å². The number of benzene rings is 2. The SMILES string of the molecule is COc1nc2ccccc2c(SCc2ccccc2)c1C(=O)C(F)(F)F. The van der Waals surface area contributed by atoms with Crippen molar-refractivity contribution >= 4 is 28.4 Å². The number of thioether (sulfide) groups is 1. The molecule has 0 saturated heterocycles. The highest BCUT2D eigenvalue weighted by Gasteiger charge is 2.43. The smallest absolute Gasteiger partial charge is 0.455 e. The van der Waals surface area contributed by atoms with Crippen molar-refractivity contribution in [3.8, 4) is 5.88 Å². The van der Waals surface area contributed by atoms with Gasteiger partial charge in [0.15, 0.2) is 0 Å². The lowest BCUT2D eigenvalue weighted by molar-refractivity contribution is -0.0888. The zero-order valence-electron chi connectivity index (χ0n) is 13.7. The van der Waals surface area contributed by atoms with Gasteiger partial charge in [-0.05, 0) is 11.6 Å². The van der Waals surface area contributed by atoms with Crippen molar-refractivity contribution < 1.29 is 22.7 Å². The van der Waals surface area contributed by atoms with Crippen molar-refractivity contribution in [2.24, 2.45) is 0 Å². The first-order valence-electron chi connectivity index (χ1n) is 7.67. The fourth-order valence-corrected chi connectivity index (χ4v) is 3.69. The highest BCUT2D eigenvalue weighted by molar-refractivity contribution is 7.98. The van der Waals surface area contributed by atoms with E-state index in [0.717, 1.165) is 17.3 Å². The van der Waals surface area contributed by atoms with Gasteiger partial charge in [-0.2, -0.15) is 13.2 Å². The number of para-hydroxylation sites is 1. The number of hydrogen-bond acceptors (Lipinski definition) is 4. The molecular weight excluding hydrogens is 363 g/mol. The molecule has 0 atom stereocenters. The summed E-state index contributed by atoms with van der Waals surface area (Å²) in [5, 5.41) is 0.488. The molecule has 0 aliphatic rings. The maximum absolute atomic E-state index is 13.2. The van der Waals surface area contributed by atoms with Crippen LogP contribution >= 0.6 is 11.8 Å². The summed E-state index contributed by atoms with van der Waals surface area (Å²) in [6.45, 7) is 0. The predicted octanol–water partition coefficient (Wildman–Crippen LogP) is 5.28. The molecule has 1 aromatic heterocycles. The van der Waals surface area contributed by atoms with Gasteiger partial charge in [0.1, 0.15) is 5.56 Å². The third-order valence-electron chi connectivity index (χ3n) is 3.72. The summed E-state index contributed by atoms with van der Waals surface area (Å²) in [5.74, 6) is -1.86. The van der Waals surface area contributed by atoms with E-state index in [2.05, 4.69) is 4.98 Å². The molecule has 0 unspecified atom stereocenters. The Hall–Kier alpha value is -2.54. The normalized spacial score (nSPS) is 11.5. The second kappa shape index (κ2) is 7.37. The van der Waals surface area contributed by atoms with E-state index in [4.69, 9.17) is 4.74 Å². The number of hydrogen-bond donors (Lipinski definition) is 0. The Labute approximate surface area is 152 Å². The van der Waals surface area contributed by atoms with Crippen LogP contribution in [0.4, 0.5) is 13.2 Å². The average Bonchev–Trinajstić information content (AvgIpc) is 2.64. The highest BCUT2D eigenvalue weighted by atomic mass is 32.2. The van der Waals surface area contributed by atoms with Gasteiger partial charge in [0.05, 0.1) is 12.6 Å². The Morgan fingerprint density at radius 1 is 1.08 bits per heavy atom. The molecule has 3 rings (SSSR count). The Bertz CT molecular complexity index is 943. The number of rotatable bonds is 5. The first-order chi connectivity index (χ1) is 12.4. The molecule has 0 amide bonds. The van der Waals surface area contributed by atoms with Gasteiger partial charge in [-0.1, -0.05) is 48.5 Å². The number of carbonyl (C=O) groups excluding carboxylic acids is 1. The molecule has 7 heteroatoms. The molecule has 26 heavy (non-hydrogen) atoms. The molecule has 0 radical (unpaired) electrons. The van der Waals surface area contributed by atoms with Crippen LogP contribution in [0.2, 0.25) is 0 Å². The van der Waals surface area contributed by atoms with Gasteiger partial charge in [-0.15, -0.1) is 11.8 Å². The van der Waals surface area contributed by atoms with E-state index in [1.807, 2.05) is 30.3 Å². The lowest BCUT2D eigenvalue weighted by Gasteiger charge is -2.16. The Morgan fingerprint density at radius 3 is 2.38 bits per heavy atom.